The molecule has 1 fully saturated rings. The van der Waals surface area contributed by atoms with Crippen molar-refractivity contribution in [1.29, 1.82) is 0 Å². The van der Waals surface area contributed by atoms with Crippen LogP contribution in [0.4, 0.5) is 31.9 Å². The Kier molecular flexibility index (Phi) is 8.20. The number of methoxy groups -OCH3 is 1. The van der Waals surface area contributed by atoms with Crippen molar-refractivity contribution in [2.24, 2.45) is 0 Å². The number of hydrogen-bond acceptors (Lipinski definition) is 8. The van der Waals surface area contributed by atoms with Crippen LogP contribution in [0.25, 0.3) is 6.08 Å². The summed E-state index contributed by atoms with van der Waals surface area (Å²) in [5.74, 6) is 0.250. The van der Waals surface area contributed by atoms with Crippen LogP contribution in [0.5, 0.6) is 11.5 Å². The van der Waals surface area contributed by atoms with Gasteiger partial charge in [0.05, 0.1) is 19.3 Å². The molecule has 9 nitrogen and oxygen atoms in total. The largest absolute Gasteiger partial charge is 0.495 e. The molecule has 0 bridgehead atoms. The number of carbonyl (C=O) groups is 1. The Morgan fingerprint density at radius 2 is 1.98 bits per heavy atom. The van der Waals surface area contributed by atoms with Crippen molar-refractivity contribution in [3.63, 3.8) is 0 Å². The Hall–Kier alpha value is -4.51. The van der Waals surface area contributed by atoms with Gasteiger partial charge in [0.15, 0.2) is 11.6 Å². The zero-order valence-corrected chi connectivity index (χ0v) is 22.1. The number of amides is 1. The standard InChI is InChI=1S/C29H30F2N6O3/c1-3-27(38)33-21-7-9-26(39-2)24(16-21)34-29-32-17-19-14-22(40-25-8-6-20(30)15-23(25)31)18-37(28(19)35-29)13-5-12-36-10-4-11-36/h3,6-9,14-17H,1,4-5,10-13,18H2,2H3,(H,33,38)(H,32,34,35). The number of ether oxygens (including phenoxy) is 2. The fraction of sp³-hybridized carbons (Fsp3) is 0.276. The van der Waals surface area contributed by atoms with Crippen molar-refractivity contribution in [2.75, 3.05) is 55.4 Å². The SMILES string of the molecule is C=CC(=O)Nc1ccc(OC)c(Nc2ncc3c(n2)N(CCCN2CCC2)CC(Oc2ccc(F)cc2F)=C3)c1. The molecule has 2 aliphatic rings. The smallest absolute Gasteiger partial charge is 0.247 e. The molecule has 2 aromatic carbocycles. The van der Waals surface area contributed by atoms with Crippen molar-refractivity contribution in [2.45, 2.75) is 12.8 Å². The van der Waals surface area contributed by atoms with Crippen LogP contribution in [-0.2, 0) is 4.79 Å². The van der Waals surface area contributed by atoms with Gasteiger partial charge in [-0.15, -0.1) is 0 Å². The number of nitrogens with one attached hydrogen (secondary N) is 2. The Balaban J connectivity index is 1.40. The third-order valence-corrected chi connectivity index (χ3v) is 6.64. The lowest BCUT2D eigenvalue weighted by molar-refractivity contribution is -0.111. The second-order valence-electron chi connectivity index (χ2n) is 9.46. The average Bonchev–Trinajstić information content (AvgIpc) is 2.92. The first kappa shape index (κ1) is 27.1. The fourth-order valence-electron chi connectivity index (χ4n) is 4.51. The Bertz CT molecular complexity index is 1440. The van der Waals surface area contributed by atoms with Gasteiger partial charge in [0.1, 0.15) is 23.1 Å². The van der Waals surface area contributed by atoms with E-state index < -0.39 is 11.6 Å². The summed E-state index contributed by atoms with van der Waals surface area (Å²) in [7, 11) is 1.55. The van der Waals surface area contributed by atoms with E-state index in [0.717, 1.165) is 38.2 Å². The maximum atomic E-state index is 14.3. The van der Waals surface area contributed by atoms with E-state index in [9.17, 15) is 13.6 Å². The topological polar surface area (TPSA) is 91.8 Å². The second-order valence-corrected chi connectivity index (χ2v) is 9.46. The molecule has 0 unspecified atom stereocenters. The zero-order chi connectivity index (χ0) is 28.1. The lowest BCUT2D eigenvalue weighted by Crippen LogP contribution is -2.40. The third kappa shape index (κ3) is 6.37. The number of nitrogens with zero attached hydrogens (tertiary/aromatic N) is 4. The predicted octanol–water partition coefficient (Wildman–Crippen LogP) is 4.97. The highest BCUT2D eigenvalue weighted by atomic mass is 19.1. The minimum Gasteiger partial charge on any atom is -0.495 e. The molecule has 0 spiro atoms. The number of hydrogen-bond donors (Lipinski definition) is 2. The van der Waals surface area contributed by atoms with Gasteiger partial charge in [-0.25, -0.2) is 13.8 Å². The highest BCUT2D eigenvalue weighted by Gasteiger charge is 2.24. The first-order valence-corrected chi connectivity index (χ1v) is 13.0. The van der Waals surface area contributed by atoms with E-state index in [-0.39, 0.29) is 11.7 Å². The van der Waals surface area contributed by atoms with Crippen molar-refractivity contribution in [3.05, 3.63) is 78.2 Å². The van der Waals surface area contributed by atoms with Gasteiger partial charge in [-0.3, -0.25) is 4.79 Å². The van der Waals surface area contributed by atoms with Crippen LogP contribution in [0.1, 0.15) is 18.4 Å². The van der Waals surface area contributed by atoms with Crippen LogP contribution < -0.4 is 25.0 Å². The number of halogens is 2. The molecule has 0 saturated carbocycles. The Morgan fingerprint density at radius 3 is 2.70 bits per heavy atom. The van der Waals surface area contributed by atoms with Crippen molar-refractivity contribution < 1.29 is 23.0 Å². The van der Waals surface area contributed by atoms with Crippen LogP contribution in [0.3, 0.4) is 0 Å². The Morgan fingerprint density at radius 1 is 1.15 bits per heavy atom. The van der Waals surface area contributed by atoms with Crippen molar-refractivity contribution >= 4 is 35.1 Å². The van der Waals surface area contributed by atoms with E-state index in [1.165, 1.54) is 18.6 Å². The summed E-state index contributed by atoms with van der Waals surface area (Å²) in [6, 6.07) is 8.39. The molecule has 11 heteroatoms. The normalized spacial score (nSPS) is 14.5. The van der Waals surface area contributed by atoms with Crippen LogP contribution >= 0.6 is 0 Å². The molecule has 1 aromatic heterocycles. The Labute approximate surface area is 231 Å². The predicted molar refractivity (Wildman–Crippen MR) is 150 cm³/mol. The summed E-state index contributed by atoms with van der Waals surface area (Å²) in [4.78, 5) is 25.5. The van der Waals surface area contributed by atoms with E-state index in [1.807, 2.05) is 0 Å². The first-order chi connectivity index (χ1) is 19.4. The van der Waals surface area contributed by atoms with E-state index in [1.54, 1.807) is 37.6 Å². The minimum atomic E-state index is -0.771. The number of aromatic nitrogens is 2. The molecule has 3 aromatic rings. The summed E-state index contributed by atoms with van der Waals surface area (Å²) in [6.07, 6.45) is 6.74. The number of fused-ring (bicyclic) bond motifs is 1. The van der Waals surface area contributed by atoms with Gasteiger partial charge in [0, 0.05) is 30.1 Å². The summed E-state index contributed by atoms with van der Waals surface area (Å²) >= 11 is 0. The van der Waals surface area contributed by atoms with Gasteiger partial charge in [-0.2, -0.15) is 4.98 Å². The zero-order valence-electron chi connectivity index (χ0n) is 22.1. The number of benzene rings is 2. The van der Waals surface area contributed by atoms with Crippen molar-refractivity contribution in [1.82, 2.24) is 14.9 Å². The van der Waals surface area contributed by atoms with Gasteiger partial charge in [-0.1, -0.05) is 6.58 Å². The molecule has 2 N–H and O–H groups in total. The van der Waals surface area contributed by atoms with Gasteiger partial charge in [0.25, 0.3) is 0 Å². The second kappa shape index (κ2) is 12.1. The molecule has 40 heavy (non-hydrogen) atoms. The quantitative estimate of drug-likeness (QED) is 0.325. The number of likely N-dealkylation sites (tertiary alicyclic amines) is 1. The monoisotopic (exact) mass is 548 g/mol. The highest BCUT2D eigenvalue weighted by molar-refractivity contribution is 5.99. The van der Waals surface area contributed by atoms with E-state index in [0.29, 0.717) is 53.3 Å². The third-order valence-electron chi connectivity index (χ3n) is 6.64. The van der Waals surface area contributed by atoms with Crippen LogP contribution in [-0.4, -0.2) is 60.6 Å². The first-order valence-electron chi connectivity index (χ1n) is 13.0. The molecular formula is C29H30F2N6O3. The van der Waals surface area contributed by atoms with Crippen LogP contribution in [0, 0.1) is 11.6 Å². The minimum absolute atomic E-state index is 0.0497. The lowest BCUT2D eigenvalue weighted by atomic mass is 10.1. The van der Waals surface area contributed by atoms with Gasteiger partial charge < -0.3 is 29.9 Å². The molecule has 0 atom stereocenters. The molecule has 5 rings (SSSR count). The van der Waals surface area contributed by atoms with Crippen LogP contribution in [0.15, 0.2) is 61.0 Å². The molecule has 3 heterocycles. The molecule has 0 radical (unpaired) electrons. The molecule has 1 amide bonds. The van der Waals surface area contributed by atoms with E-state index >= 15 is 0 Å². The molecule has 1 saturated heterocycles. The molecular weight excluding hydrogens is 518 g/mol. The fourth-order valence-corrected chi connectivity index (χ4v) is 4.51. The summed E-state index contributed by atoms with van der Waals surface area (Å²) in [6.45, 7) is 7.71. The van der Waals surface area contributed by atoms with E-state index in [4.69, 9.17) is 14.5 Å². The van der Waals surface area contributed by atoms with Crippen molar-refractivity contribution in [3.8, 4) is 11.5 Å². The highest BCUT2D eigenvalue weighted by Crippen LogP contribution is 2.33. The average molecular weight is 549 g/mol. The van der Waals surface area contributed by atoms with E-state index in [2.05, 4.69) is 32.0 Å². The van der Waals surface area contributed by atoms with Gasteiger partial charge in [0.2, 0.25) is 11.9 Å². The molecule has 2 aliphatic heterocycles. The summed E-state index contributed by atoms with van der Waals surface area (Å²) in [5.41, 5.74) is 1.82. The number of carbonyl (C=O) groups excluding carboxylic acids is 1. The maximum Gasteiger partial charge on any atom is 0.247 e. The maximum absolute atomic E-state index is 14.3. The molecule has 0 aliphatic carbocycles. The lowest BCUT2D eigenvalue weighted by Gasteiger charge is -2.33. The number of anilines is 4. The van der Waals surface area contributed by atoms with Gasteiger partial charge in [-0.05, 0) is 75.0 Å². The molecule has 208 valence electrons. The summed E-state index contributed by atoms with van der Waals surface area (Å²) < 4.78 is 39.0. The summed E-state index contributed by atoms with van der Waals surface area (Å²) in [5, 5.41) is 5.91. The number of rotatable bonds is 11. The van der Waals surface area contributed by atoms with Gasteiger partial charge >= 0.3 is 0 Å². The van der Waals surface area contributed by atoms with Crippen LogP contribution in [0.2, 0.25) is 0 Å².